The summed E-state index contributed by atoms with van der Waals surface area (Å²) in [4.78, 5) is 13.9. The van der Waals surface area contributed by atoms with Crippen LogP contribution in [0, 0.1) is 11.7 Å². The minimum Gasteiger partial charge on any atom is -0.478 e. The van der Waals surface area contributed by atoms with E-state index in [4.69, 9.17) is 11.6 Å². The molecule has 1 aliphatic heterocycles. The summed E-state index contributed by atoms with van der Waals surface area (Å²) in [5, 5.41) is 9.71. The quantitative estimate of drug-likeness (QED) is 0.309. The maximum Gasteiger partial charge on any atom is 0.338 e. The summed E-state index contributed by atoms with van der Waals surface area (Å²) in [6.07, 6.45) is 5.50. The van der Waals surface area contributed by atoms with Crippen LogP contribution in [0.5, 0.6) is 0 Å². The molecule has 6 nitrogen and oxygen atoms in total. The molecule has 2 aliphatic rings. The molecule has 0 saturated heterocycles. The number of carboxylic acids is 1. The van der Waals surface area contributed by atoms with Gasteiger partial charge in [0.25, 0.3) is 0 Å². The standard InChI is InChI=1S/C28H30ClFN2O4S/c1-31-26(18-8-4-2-5-9-18)17-32(20-10-6-3-7-11-20)25-16-23(29)21(15-27(25)37(31,35)36)19-12-13-24(30)22(14-19)28(33)34/h3,6-7,10-16,18,26,35-36H,2,4-5,8-9,17H2,1H3,(H,33,34). The molecular weight excluding hydrogens is 515 g/mol. The smallest absolute Gasteiger partial charge is 0.338 e. The van der Waals surface area contributed by atoms with Crippen LogP contribution < -0.4 is 4.90 Å². The molecule has 3 aromatic rings. The Labute approximate surface area is 222 Å². The van der Waals surface area contributed by atoms with Crippen LogP contribution >= 0.6 is 22.4 Å². The Bertz CT molecular complexity index is 1320. The zero-order chi connectivity index (χ0) is 26.3. The van der Waals surface area contributed by atoms with E-state index in [0.29, 0.717) is 39.2 Å². The summed E-state index contributed by atoms with van der Waals surface area (Å²) >= 11 is 6.75. The van der Waals surface area contributed by atoms with Gasteiger partial charge in [0, 0.05) is 30.9 Å². The van der Waals surface area contributed by atoms with E-state index in [1.807, 2.05) is 30.3 Å². The molecule has 9 heteroatoms. The number of halogens is 2. The normalized spacial score (nSPS) is 21.2. The van der Waals surface area contributed by atoms with E-state index in [1.54, 1.807) is 23.5 Å². The van der Waals surface area contributed by atoms with Gasteiger partial charge in [-0.25, -0.2) is 9.18 Å². The highest BCUT2D eigenvalue weighted by atomic mass is 35.5. The molecule has 5 rings (SSSR count). The third-order valence-electron chi connectivity index (χ3n) is 7.64. The Hall–Kier alpha value is -2.62. The molecule has 1 fully saturated rings. The van der Waals surface area contributed by atoms with E-state index in [1.165, 1.54) is 18.6 Å². The highest BCUT2D eigenvalue weighted by Crippen LogP contribution is 2.60. The van der Waals surface area contributed by atoms with Gasteiger partial charge in [-0.05, 0) is 60.7 Å². The molecule has 0 amide bonds. The van der Waals surface area contributed by atoms with Crippen molar-refractivity contribution in [2.45, 2.75) is 43.0 Å². The third kappa shape index (κ3) is 4.84. The third-order valence-corrected chi connectivity index (χ3v) is 9.95. The molecule has 3 aromatic carbocycles. The SMILES string of the molecule is CN1C(C2CCCCC2)CN(c2ccccc2)c2cc(Cl)c(-c3ccc(F)c(C(=O)O)c3)cc2S1(O)O. The van der Waals surface area contributed by atoms with Crippen molar-refractivity contribution >= 4 is 39.7 Å². The van der Waals surface area contributed by atoms with Gasteiger partial charge in [0.2, 0.25) is 0 Å². The van der Waals surface area contributed by atoms with Crippen LogP contribution in [-0.2, 0) is 0 Å². The molecule has 0 aromatic heterocycles. The molecule has 1 aliphatic carbocycles. The second-order valence-corrected chi connectivity index (χ2v) is 12.2. The van der Waals surface area contributed by atoms with Gasteiger partial charge in [-0.3, -0.25) is 9.11 Å². The molecule has 1 heterocycles. The molecule has 37 heavy (non-hydrogen) atoms. The van der Waals surface area contributed by atoms with Gasteiger partial charge in [0.1, 0.15) is 5.82 Å². The fraction of sp³-hybridized carbons (Fsp3) is 0.321. The van der Waals surface area contributed by atoms with Gasteiger partial charge in [-0.15, -0.1) is 10.8 Å². The molecule has 196 valence electrons. The van der Waals surface area contributed by atoms with E-state index in [0.717, 1.165) is 37.4 Å². The Balaban J connectivity index is 1.69. The summed E-state index contributed by atoms with van der Waals surface area (Å²) in [7, 11) is -1.67. The molecule has 1 atom stereocenters. The van der Waals surface area contributed by atoms with Crippen LogP contribution in [0.15, 0.2) is 65.6 Å². The first-order valence-corrected chi connectivity index (χ1v) is 14.3. The maximum atomic E-state index is 14.1. The summed E-state index contributed by atoms with van der Waals surface area (Å²) in [5.41, 5.74) is 1.80. The minimum atomic E-state index is -3.44. The van der Waals surface area contributed by atoms with Crippen LogP contribution in [0.1, 0.15) is 42.5 Å². The minimum absolute atomic E-state index is 0.107. The Morgan fingerprint density at radius 2 is 1.73 bits per heavy atom. The number of carboxylic acid groups (broad SMARTS) is 1. The number of rotatable bonds is 4. The molecule has 0 spiro atoms. The van der Waals surface area contributed by atoms with Gasteiger partial charge < -0.3 is 10.0 Å². The summed E-state index contributed by atoms with van der Waals surface area (Å²) in [6, 6.07) is 16.8. The van der Waals surface area contributed by atoms with Crippen LogP contribution in [0.2, 0.25) is 5.02 Å². The number of carbonyl (C=O) groups is 1. The Kier molecular flexibility index (Phi) is 7.22. The van der Waals surface area contributed by atoms with Gasteiger partial charge in [0.15, 0.2) is 0 Å². The predicted molar refractivity (Wildman–Crippen MR) is 146 cm³/mol. The average molecular weight is 545 g/mol. The second-order valence-electron chi connectivity index (χ2n) is 9.78. The Morgan fingerprint density at radius 3 is 2.41 bits per heavy atom. The predicted octanol–water partition coefficient (Wildman–Crippen LogP) is 7.90. The highest BCUT2D eigenvalue weighted by molar-refractivity contribution is 8.22. The molecule has 1 saturated carbocycles. The fourth-order valence-electron chi connectivity index (χ4n) is 5.61. The summed E-state index contributed by atoms with van der Waals surface area (Å²) in [6.45, 7) is 0.559. The van der Waals surface area contributed by atoms with Crippen LogP contribution in [0.3, 0.4) is 0 Å². The maximum absolute atomic E-state index is 14.1. The topological polar surface area (TPSA) is 84.2 Å². The first-order chi connectivity index (χ1) is 17.7. The molecule has 0 bridgehead atoms. The number of likely N-dealkylation sites (N-methyl/N-ethyl adjacent to an activating group) is 1. The number of benzene rings is 3. The number of fused-ring (bicyclic) bond motifs is 1. The fourth-order valence-corrected chi connectivity index (χ4v) is 7.53. The van der Waals surface area contributed by atoms with Gasteiger partial charge in [-0.2, -0.15) is 4.31 Å². The van der Waals surface area contributed by atoms with E-state index in [2.05, 4.69) is 4.90 Å². The van der Waals surface area contributed by atoms with Crippen molar-refractivity contribution in [3.63, 3.8) is 0 Å². The zero-order valence-corrected chi connectivity index (χ0v) is 22.1. The lowest BCUT2D eigenvalue weighted by Crippen LogP contribution is -2.45. The van der Waals surface area contributed by atoms with E-state index in [-0.39, 0.29) is 6.04 Å². The molecule has 1 unspecified atom stereocenters. The van der Waals surface area contributed by atoms with E-state index < -0.39 is 28.1 Å². The van der Waals surface area contributed by atoms with Crippen molar-refractivity contribution in [3.05, 3.63) is 77.1 Å². The molecule has 0 radical (unpaired) electrons. The van der Waals surface area contributed by atoms with E-state index >= 15 is 0 Å². The van der Waals surface area contributed by atoms with Crippen LogP contribution in [0.25, 0.3) is 11.1 Å². The van der Waals surface area contributed by atoms with Crippen LogP contribution in [0.4, 0.5) is 15.8 Å². The number of aromatic carboxylic acids is 1. The number of hydrogen-bond acceptors (Lipinski definition) is 5. The average Bonchev–Trinajstić information content (AvgIpc) is 2.97. The number of anilines is 2. The van der Waals surface area contributed by atoms with Crippen molar-refractivity contribution in [2.75, 3.05) is 18.5 Å². The van der Waals surface area contributed by atoms with E-state index in [9.17, 15) is 23.4 Å². The molecule has 3 N–H and O–H groups in total. The monoisotopic (exact) mass is 544 g/mol. The van der Waals surface area contributed by atoms with Crippen molar-refractivity contribution in [1.29, 1.82) is 0 Å². The Morgan fingerprint density at radius 1 is 1.03 bits per heavy atom. The first-order valence-electron chi connectivity index (χ1n) is 12.4. The summed E-state index contributed by atoms with van der Waals surface area (Å²) < 4.78 is 39.3. The molecular formula is C28H30ClFN2O4S. The zero-order valence-electron chi connectivity index (χ0n) is 20.5. The van der Waals surface area contributed by atoms with Crippen molar-refractivity contribution in [1.82, 2.24) is 4.31 Å². The number of para-hydroxylation sites is 1. The van der Waals surface area contributed by atoms with Gasteiger partial charge in [0.05, 0.1) is 21.2 Å². The van der Waals surface area contributed by atoms with Crippen LogP contribution in [-0.4, -0.2) is 44.1 Å². The lowest BCUT2D eigenvalue weighted by Gasteiger charge is -2.46. The van der Waals surface area contributed by atoms with Gasteiger partial charge in [-0.1, -0.05) is 55.1 Å². The first kappa shape index (κ1) is 26.0. The lowest BCUT2D eigenvalue weighted by molar-refractivity contribution is 0.0692. The number of nitrogens with zero attached hydrogens (tertiary/aromatic N) is 2. The summed E-state index contributed by atoms with van der Waals surface area (Å²) in [5.74, 6) is -1.92. The number of hydrogen-bond donors (Lipinski definition) is 3. The lowest BCUT2D eigenvalue weighted by atomic mass is 9.83. The van der Waals surface area contributed by atoms with Crippen molar-refractivity contribution < 1.29 is 23.4 Å². The largest absolute Gasteiger partial charge is 0.478 e. The second kappa shape index (κ2) is 10.3. The van der Waals surface area contributed by atoms with Crippen molar-refractivity contribution in [3.8, 4) is 11.1 Å². The van der Waals surface area contributed by atoms with Crippen molar-refractivity contribution in [2.24, 2.45) is 5.92 Å². The highest BCUT2D eigenvalue weighted by Gasteiger charge is 2.41. The van der Waals surface area contributed by atoms with Gasteiger partial charge >= 0.3 is 5.97 Å².